The minimum Gasteiger partial charge on any atom is -0.480 e. The summed E-state index contributed by atoms with van der Waals surface area (Å²) in [5, 5.41) is 14.1. The number of hydrogen-bond donors (Lipinski definition) is 3. The average Bonchev–Trinajstić information content (AvgIpc) is 3.08. The first-order chi connectivity index (χ1) is 14.9. The first-order valence-corrected chi connectivity index (χ1v) is 9.81. The first-order valence-electron chi connectivity index (χ1n) is 9.81. The summed E-state index contributed by atoms with van der Waals surface area (Å²) in [7, 11) is 0. The van der Waals surface area contributed by atoms with Crippen molar-refractivity contribution in [1.82, 2.24) is 10.6 Å². The molecule has 8 nitrogen and oxygen atoms in total. The third-order valence-corrected chi connectivity index (χ3v) is 5.06. The van der Waals surface area contributed by atoms with Crippen LogP contribution in [0.4, 0.5) is 9.59 Å². The lowest BCUT2D eigenvalue weighted by Gasteiger charge is -2.22. The van der Waals surface area contributed by atoms with Crippen LogP contribution in [0.2, 0.25) is 0 Å². The van der Waals surface area contributed by atoms with E-state index in [4.69, 9.17) is 9.47 Å². The number of ether oxygens (including phenoxy) is 2. The van der Waals surface area contributed by atoms with E-state index in [1.807, 2.05) is 48.5 Å². The molecule has 0 saturated carbocycles. The molecule has 0 unspecified atom stereocenters. The second-order valence-corrected chi connectivity index (χ2v) is 7.11. The van der Waals surface area contributed by atoms with E-state index in [2.05, 4.69) is 17.2 Å². The van der Waals surface area contributed by atoms with Gasteiger partial charge in [-0.15, -0.1) is 0 Å². The van der Waals surface area contributed by atoms with Gasteiger partial charge in [0.2, 0.25) is 0 Å². The summed E-state index contributed by atoms with van der Waals surface area (Å²) >= 11 is 0. The van der Waals surface area contributed by atoms with Crippen LogP contribution in [0.25, 0.3) is 11.1 Å². The van der Waals surface area contributed by atoms with Crippen molar-refractivity contribution in [3.63, 3.8) is 0 Å². The van der Waals surface area contributed by atoms with Crippen LogP contribution in [0.3, 0.4) is 0 Å². The molecule has 0 bridgehead atoms. The number of carbonyl (C=O) groups excluding carboxylic acids is 2. The highest BCUT2D eigenvalue weighted by Gasteiger charge is 2.31. The van der Waals surface area contributed by atoms with Crippen LogP contribution in [0.1, 0.15) is 24.0 Å². The smallest absolute Gasteiger partial charge is 0.407 e. The van der Waals surface area contributed by atoms with Crippen LogP contribution in [-0.4, -0.2) is 48.6 Å². The number of carbonyl (C=O) groups is 3. The maximum Gasteiger partial charge on any atom is 0.407 e. The summed E-state index contributed by atoms with van der Waals surface area (Å²) in [6, 6.07) is 13.5. The van der Waals surface area contributed by atoms with E-state index < -0.39 is 30.2 Å². The second kappa shape index (κ2) is 9.80. The first kappa shape index (κ1) is 21.9. The van der Waals surface area contributed by atoms with Gasteiger partial charge < -0.3 is 25.2 Å². The third kappa shape index (κ3) is 5.03. The van der Waals surface area contributed by atoms with Crippen molar-refractivity contribution in [1.29, 1.82) is 0 Å². The molecule has 3 rings (SSSR count). The van der Waals surface area contributed by atoms with Crippen molar-refractivity contribution in [2.24, 2.45) is 0 Å². The van der Waals surface area contributed by atoms with Gasteiger partial charge in [-0.1, -0.05) is 61.2 Å². The van der Waals surface area contributed by atoms with Gasteiger partial charge in [-0.3, -0.25) is 0 Å². The maximum atomic E-state index is 12.3. The zero-order valence-corrected chi connectivity index (χ0v) is 17.0. The Kier molecular flexibility index (Phi) is 6.92. The fourth-order valence-corrected chi connectivity index (χ4v) is 3.61. The number of aliphatic carboxylic acids is 1. The Morgan fingerprint density at radius 3 is 2.10 bits per heavy atom. The predicted molar refractivity (Wildman–Crippen MR) is 114 cm³/mol. The zero-order valence-electron chi connectivity index (χ0n) is 17.0. The van der Waals surface area contributed by atoms with Gasteiger partial charge in [0, 0.05) is 5.92 Å². The molecular weight excluding hydrogens is 400 g/mol. The highest BCUT2D eigenvalue weighted by molar-refractivity contribution is 5.82. The molecule has 0 spiro atoms. The van der Waals surface area contributed by atoms with Crippen LogP contribution in [0.5, 0.6) is 0 Å². The van der Waals surface area contributed by atoms with Gasteiger partial charge in [-0.25, -0.2) is 14.4 Å². The molecule has 0 aromatic heterocycles. The Bertz CT molecular complexity index is 944. The maximum absolute atomic E-state index is 12.3. The van der Waals surface area contributed by atoms with Crippen molar-refractivity contribution in [2.75, 3.05) is 13.2 Å². The Balaban J connectivity index is 1.63. The molecule has 2 aromatic rings. The lowest BCUT2D eigenvalue weighted by Crippen LogP contribution is -2.54. The molecule has 1 aliphatic rings. The number of amides is 2. The Morgan fingerprint density at radius 1 is 1.00 bits per heavy atom. The van der Waals surface area contributed by atoms with Gasteiger partial charge in [0.1, 0.15) is 19.3 Å². The molecule has 3 N–H and O–H groups in total. The van der Waals surface area contributed by atoms with E-state index in [1.165, 1.54) is 13.0 Å². The molecule has 0 heterocycles. The number of carboxylic acids is 1. The van der Waals surface area contributed by atoms with Gasteiger partial charge in [-0.05, 0) is 29.2 Å². The number of fused-ring (bicyclic) bond motifs is 3. The minimum absolute atomic E-state index is 0.0178. The largest absolute Gasteiger partial charge is 0.480 e. The molecule has 2 amide bonds. The number of nitrogens with one attached hydrogen (secondary N) is 2. The third-order valence-electron chi connectivity index (χ3n) is 5.06. The fourth-order valence-electron chi connectivity index (χ4n) is 3.61. The van der Waals surface area contributed by atoms with E-state index in [1.54, 1.807) is 0 Å². The van der Waals surface area contributed by atoms with Crippen LogP contribution >= 0.6 is 0 Å². The quantitative estimate of drug-likeness (QED) is 0.561. The molecule has 8 heteroatoms. The van der Waals surface area contributed by atoms with Gasteiger partial charge in [0.15, 0.2) is 0 Å². The lowest BCUT2D eigenvalue weighted by atomic mass is 9.98. The van der Waals surface area contributed by atoms with Crippen molar-refractivity contribution in [3.05, 3.63) is 72.3 Å². The molecule has 0 fully saturated rings. The van der Waals surface area contributed by atoms with E-state index in [-0.39, 0.29) is 19.1 Å². The highest BCUT2D eigenvalue weighted by atomic mass is 16.6. The van der Waals surface area contributed by atoms with Gasteiger partial charge in [0.25, 0.3) is 0 Å². The number of alkyl carbamates (subject to hydrolysis) is 2. The lowest BCUT2D eigenvalue weighted by molar-refractivity contribution is -0.139. The summed E-state index contributed by atoms with van der Waals surface area (Å²) in [4.78, 5) is 35.6. The van der Waals surface area contributed by atoms with Crippen molar-refractivity contribution in [3.8, 4) is 11.1 Å². The van der Waals surface area contributed by atoms with Gasteiger partial charge in [0.05, 0.1) is 6.04 Å². The van der Waals surface area contributed by atoms with Crippen LogP contribution in [0, 0.1) is 0 Å². The van der Waals surface area contributed by atoms with Crippen LogP contribution in [0.15, 0.2) is 61.2 Å². The molecule has 2 aromatic carbocycles. The normalized spacial score (nSPS) is 13.8. The number of benzene rings is 2. The Hall–Kier alpha value is -3.81. The summed E-state index contributed by atoms with van der Waals surface area (Å²) in [5.74, 6) is -1.46. The average molecular weight is 424 g/mol. The number of hydrogen-bond acceptors (Lipinski definition) is 5. The molecule has 0 radical (unpaired) electrons. The highest BCUT2D eigenvalue weighted by Crippen LogP contribution is 2.44. The predicted octanol–water partition coefficient (Wildman–Crippen LogP) is 3.28. The molecular formula is C23H24N2O6. The van der Waals surface area contributed by atoms with Crippen molar-refractivity contribution >= 4 is 18.2 Å². The van der Waals surface area contributed by atoms with E-state index in [0.29, 0.717) is 0 Å². The number of carboxylic acid groups (broad SMARTS) is 1. The van der Waals surface area contributed by atoms with Crippen LogP contribution in [-0.2, 0) is 14.3 Å². The Labute approximate surface area is 179 Å². The monoisotopic (exact) mass is 424 g/mol. The summed E-state index contributed by atoms with van der Waals surface area (Å²) < 4.78 is 10.1. The van der Waals surface area contributed by atoms with Gasteiger partial charge in [-0.2, -0.15) is 0 Å². The molecule has 0 aliphatic heterocycles. The summed E-state index contributed by atoms with van der Waals surface area (Å²) in [6.45, 7) is 4.90. The number of rotatable bonds is 8. The minimum atomic E-state index is -1.40. The molecule has 1 aliphatic carbocycles. The van der Waals surface area contributed by atoms with E-state index in [9.17, 15) is 19.5 Å². The van der Waals surface area contributed by atoms with Crippen LogP contribution < -0.4 is 10.6 Å². The summed E-state index contributed by atoms with van der Waals surface area (Å²) in [6.07, 6.45) is -0.316. The SMILES string of the molecule is C=CCOC(=O)N[C@@H](C)[C@@H](NC(=O)OCC1c2ccccc2-c2ccccc21)C(=O)O. The van der Waals surface area contributed by atoms with E-state index in [0.717, 1.165) is 22.3 Å². The van der Waals surface area contributed by atoms with Crippen molar-refractivity contribution < 1.29 is 29.0 Å². The second-order valence-electron chi connectivity index (χ2n) is 7.11. The zero-order chi connectivity index (χ0) is 22.4. The standard InChI is InChI=1S/C23H24N2O6/c1-3-12-30-22(28)24-14(2)20(21(26)27)25-23(29)31-13-19-17-10-6-4-8-15(17)16-9-5-7-11-18(16)19/h3-11,14,19-20H,1,12-13H2,2H3,(H,24,28)(H,25,29)(H,26,27)/t14-,20+/m0/s1. The Morgan fingerprint density at radius 2 is 1.55 bits per heavy atom. The molecule has 2 atom stereocenters. The van der Waals surface area contributed by atoms with E-state index >= 15 is 0 Å². The molecule has 31 heavy (non-hydrogen) atoms. The fraction of sp³-hybridized carbons (Fsp3) is 0.261. The topological polar surface area (TPSA) is 114 Å². The molecule has 0 saturated heterocycles. The summed E-state index contributed by atoms with van der Waals surface area (Å²) in [5.41, 5.74) is 4.27. The van der Waals surface area contributed by atoms with Crippen molar-refractivity contribution in [2.45, 2.75) is 24.9 Å². The molecule has 162 valence electrons. The van der Waals surface area contributed by atoms with Gasteiger partial charge >= 0.3 is 18.2 Å².